The Hall–Kier alpha value is -1.01. The SMILES string of the molecule is O=C1N[C@@H](C(=O)NCCc2ccccc2Br)CS1. The Bertz CT molecular complexity index is 467. The third kappa shape index (κ3) is 3.49. The standard InChI is InChI=1S/C12H13BrN2O2S/c13-9-4-2-1-3-8(9)5-6-14-11(16)10-7-18-12(17)15-10/h1-4,10H,5-7H2,(H,14,16)(H,15,17)/t10-/m1/s1. The fourth-order valence-electron chi connectivity index (χ4n) is 1.67. The maximum Gasteiger partial charge on any atom is 0.279 e. The van der Waals surface area contributed by atoms with E-state index < -0.39 is 0 Å². The first-order valence-electron chi connectivity index (χ1n) is 5.61. The minimum absolute atomic E-state index is 0.111. The minimum atomic E-state index is -0.387. The molecule has 1 aliphatic rings. The molecule has 4 nitrogen and oxygen atoms in total. The van der Waals surface area contributed by atoms with Gasteiger partial charge < -0.3 is 10.6 Å². The summed E-state index contributed by atoms with van der Waals surface area (Å²) in [7, 11) is 0. The highest BCUT2D eigenvalue weighted by Crippen LogP contribution is 2.16. The molecule has 1 fully saturated rings. The molecule has 1 aromatic carbocycles. The number of nitrogens with one attached hydrogen (secondary N) is 2. The predicted molar refractivity (Wildman–Crippen MR) is 75.6 cm³/mol. The fraction of sp³-hybridized carbons (Fsp3) is 0.333. The number of benzene rings is 1. The zero-order valence-electron chi connectivity index (χ0n) is 9.61. The molecule has 1 saturated heterocycles. The van der Waals surface area contributed by atoms with Gasteiger partial charge in [-0.3, -0.25) is 9.59 Å². The van der Waals surface area contributed by atoms with E-state index in [0.717, 1.165) is 28.2 Å². The van der Waals surface area contributed by atoms with Crippen LogP contribution in [0.1, 0.15) is 5.56 Å². The highest BCUT2D eigenvalue weighted by Gasteiger charge is 2.27. The molecule has 0 aromatic heterocycles. The lowest BCUT2D eigenvalue weighted by Gasteiger charge is -2.10. The molecule has 18 heavy (non-hydrogen) atoms. The van der Waals surface area contributed by atoms with E-state index in [-0.39, 0.29) is 17.2 Å². The first kappa shape index (κ1) is 13.4. The van der Waals surface area contributed by atoms with Crippen LogP contribution in [0.5, 0.6) is 0 Å². The molecule has 0 bridgehead atoms. The molecule has 1 atom stereocenters. The molecule has 96 valence electrons. The molecule has 0 saturated carbocycles. The maximum absolute atomic E-state index is 11.7. The summed E-state index contributed by atoms with van der Waals surface area (Å²) in [6.45, 7) is 0.568. The van der Waals surface area contributed by atoms with Crippen molar-refractivity contribution in [3.8, 4) is 0 Å². The van der Waals surface area contributed by atoms with Gasteiger partial charge in [0.1, 0.15) is 6.04 Å². The number of hydrogen-bond donors (Lipinski definition) is 2. The van der Waals surface area contributed by atoms with Crippen molar-refractivity contribution >= 4 is 38.8 Å². The third-order valence-electron chi connectivity index (χ3n) is 2.64. The molecule has 0 radical (unpaired) electrons. The van der Waals surface area contributed by atoms with Crippen molar-refractivity contribution < 1.29 is 9.59 Å². The van der Waals surface area contributed by atoms with Crippen LogP contribution < -0.4 is 10.6 Å². The Morgan fingerprint density at radius 1 is 1.50 bits per heavy atom. The first-order chi connectivity index (χ1) is 8.66. The van der Waals surface area contributed by atoms with Gasteiger partial charge in [-0.1, -0.05) is 45.9 Å². The van der Waals surface area contributed by atoms with Gasteiger partial charge in [0, 0.05) is 16.8 Å². The number of thioether (sulfide) groups is 1. The number of amides is 2. The van der Waals surface area contributed by atoms with E-state index in [2.05, 4.69) is 26.6 Å². The van der Waals surface area contributed by atoms with Crippen molar-refractivity contribution in [3.05, 3.63) is 34.3 Å². The molecule has 1 aromatic rings. The lowest BCUT2D eigenvalue weighted by molar-refractivity contribution is -0.122. The second kappa shape index (κ2) is 6.24. The average Bonchev–Trinajstić information content (AvgIpc) is 2.78. The van der Waals surface area contributed by atoms with Gasteiger partial charge in [-0.05, 0) is 18.1 Å². The van der Waals surface area contributed by atoms with Crippen LogP contribution in [0, 0.1) is 0 Å². The van der Waals surface area contributed by atoms with Crippen LogP contribution in [-0.2, 0) is 11.2 Å². The summed E-state index contributed by atoms with van der Waals surface area (Å²) in [5.74, 6) is 0.403. The van der Waals surface area contributed by atoms with E-state index in [0.29, 0.717) is 12.3 Å². The van der Waals surface area contributed by atoms with Crippen LogP contribution in [-0.4, -0.2) is 29.5 Å². The molecule has 1 heterocycles. The average molecular weight is 329 g/mol. The number of hydrogen-bond acceptors (Lipinski definition) is 3. The van der Waals surface area contributed by atoms with Gasteiger partial charge in [-0.2, -0.15) is 0 Å². The molecule has 2 N–H and O–H groups in total. The zero-order valence-corrected chi connectivity index (χ0v) is 12.0. The van der Waals surface area contributed by atoms with Crippen LogP contribution in [0.4, 0.5) is 4.79 Å². The number of halogens is 1. The van der Waals surface area contributed by atoms with E-state index in [1.807, 2.05) is 24.3 Å². The lowest BCUT2D eigenvalue weighted by Crippen LogP contribution is -2.43. The van der Waals surface area contributed by atoms with E-state index in [4.69, 9.17) is 0 Å². The minimum Gasteiger partial charge on any atom is -0.354 e. The van der Waals surface area contributed by atoms with Crippen molar-refractivity contribution in [1.29, 1.82) is 0 Å². The van der Waals surface area contributed by atoms with Gasteiger partial charge in [0.05, 0.1) is 0 Å². The largest absolute Gasteiger partial charge is 0.354 e. The molecule has 0 unspecified atom stereocenters. The quantitative estimate of drug-likeness (QED) is 0.887. The normalized spacial score (nSPS) is 18.5. The van der Waals surface area contributed by atoms with Crippen molar-refractivity contribution in [3.63, 3.8) is 0 Å². The summed E-state index contributed by atoms with van der Waals surface area (Å²) in [4.78, 5) is 22.7. The smallest absolute Gasteiger partial charge is 0.279 e. The van der Waals surface area contributed by atoms with Crippen LogP contribution in [0.2, 0.25) is 0 Å². The van der Waals surface area contributed by atoms with Crippen molar-refractivity contribution in [2.45, 2.75) is 12.5 Å². The maximum atomic E-state index is 11.7. The van der Waals surface area contributed by atoms with Crippen molar-refractivity contribution in [2.75, 3.05) is 12.3 Å². The van der Waals surface area contributed by atoms with Gasteiger partial charge >= 0.3 is 0 Å². The van der Waals surface area contributed by atoms with Gasteiger partial charge in [-0.25, -0.2) is 0 Å². The highest BCUT2D eigenvalue weighted by atomic mass is 79.9. The second-order valence-electron chi connectivity index (χ2n) is 3.93. The lowest BCUT2D eigenvalue weighted by atomic mass is 10.1. The zero-order chi connectivity index (χ0) is 13.0. The van der Waals surface area contributed by atoms with Crippen molar-refractivity contribution in [2.24, 2.45) is 0 Å². The molecule has 2 amide bonds. The van der Waals surface area contributed by atoms with E-state index in [1.165, 1.54) is 0 Å². The van der Waals surface area contributed by atoms with Gasteiger partial charge in [0.2, 0.25) is 5.91 Å². The van der Waals surface area contributed by atoms with E-state index in [9.17, 15) is 9.59 Å². The fourth-order valence-corrected chi connectivity index (χ4v) is 2.93. The van der Waals surface area contributed by atoms with Gasteiger partial charge in [0.15, 0.2) is 0 Å². The van der Waals surface area contributed by atoms with Crippen molar-refractivity contribution in [1.82, 2.24) is 10.6 Å². The molecule has 2 rings (SSSR count). The monoisotopic (exact) mass is 328 g/mol. The first-order valence-corrected chi connectivity index (χ1v) is 7.39. The van der Waals surface area contributed by atoms with Gasteiger partial charge in [0.25, 0.3) is 5.24 Å². The Morgan fingerprint density at radius 2 is 2.28 bits per heavy atom. The third-order valence-corrected chi connectivity index (χ3v) is 4.29. The Morgan fingerprint density at radius 3 is 2.94 bits per heavy atom. The molecule has 0 aliphatic carbocycles. The van der Waals surface area contributed by atoms with Crippen LogP contribution in [0.3, 0.4) is 0 Å². The summed E-state index contributed by atoms with van der Waals surface area (Å²) < 4.78 is 1.05. The molecular weight excluding hydrogens is 316 g/mol. The van der Waals surface area contributed by atoms with E-state index >= 15 is 0 Å². The number of carbonyl (C=O) groups is 2. The predicted octanol–water partition coefficient (Wildman–Crippen LogP) is 1.93. The number of rotatable bonds is 4. The summed E-state index contributed by atoms with van der Waals surface area (Å²) in [5, 5.41) is 5.33. The summed E-state index contributed by atoms with van der Waals surface area (Å²) in [6.07, 6.45) is 0.765. The topological polar surface area (TPSA) is 58.2 Å². The summed E-state index contributed by atoms with van der Waals surface area (Å²) in [5.41, 5.74) is 1.16. The van der Waals surface area contributed by atoms with Gasteiger partial charge in [-0.15, -0.1) is 0 Å². The molecule has 6 heteroatoms. The number of carbonyl (C=O) groups excluding carboxylic acids is 2. The Kier molecular flexibility index (Phi) is 4.66. The highest BCUT2D eigenvalue weighted by molar-refractivity contribution is 9.10. The summed E-state index contributed by atoms with van der Waals surface area (Å²) >= 11 is 4.61. The Labute approximate surface area is 118 Å². The van der Waals surface area contributed by atoms with Crippen LogP contribution in [0.15, 0.2) is 28.7 Å². The molecular formula is C12H13BrN2O2S. The molecule has 1 aliphatic heterocycles. The Balaban J connectivity index is 1.77. The second-order valence-corrected chi connectivity index (χ2v) is 5.77. The van der Waals surface area contributed by atoms with Crippen LogP contribution >= 0.6 is 27.7 Å². The summed E-state index contributed by atoms with van der Waals surface area (Å²) in [6, 6.07) is 7.53. The van der Waals surface area contributed by atoms with Crippen LogP contribution in [0.25, 0.3) is 0 Å². The molecule has 0 spiro atoms. The van der Waals surface area contributed by atoms with E-state index in [1.54, 1.807) is 0 Å².